The Bertz CT molecular complexity index is 1060. The van der Waals surface area contributed by atoms with E-state index in [0.717, 1.165) is 29.8 Å². The van der Waals surface area contributed by atoms with Crippen molar-refractivity contribution in [2.24, 2.45) is 5.10 Å². The summed E-state index contributed by atoms with van der Waals surface area (Å²) in [5.41, 5.74) is 5.96. The largest absolute Gasteiger partial charge is 0.476 e. The van der Waals surface area contributed by atoms with Crippen molar-refractivity contribution >= 4 is 23.8 Å². The molecule has 0 unspecified atom stereocenters. The van der Waals surface area contributed by atoms with Crippen molar-refractivity contribution in [1.82, 2.24) is 15.3 Å². The van der Waals surface area contributed by atoms with Gasteiger partial charge in [-0.3, -0.25) is 10.4 Å². The van der Waals surface area contributed by atoms with Crippen molar-refractivity contribution in [1.29, 1.82) is 0 Å². The molecule has 0 saturated carbocycles. The summed E-state index contributed by atoms with van der Waals surface area (Å²) in [7, 11) is 0. The lowest BCUT2D eigenvalue weighted by atomic mass is 10.2. The van der Waals surface area contributed by atoms with Crippen LogP contribution in [0, 0.1) is 6.92 Å². The first-order chi connectivity index (χ1) is 16.1. The Labute approximate surface area is 193 Å². The number of nitrogens with one attached hydrogen (secondary N) is 3. The third-order valence-electron chi connectivity index (χ3n) is 4.28. The number of carbonyl (C=O) groups excluding carboxylic acids is 1. The smallest absolute Gasteiger partial charge is 0.412 e. The molecule has 2 aromatic heterocycles. The molecule has 33 heavy (non-hydrogen) atoms. The summed E-state index contributed by atoms with van der Waals surface area (Å²) in [5, 5.41) is 10.2. The molecule has 172 valence electrons. The van der Waals surface area contributed by atoms with Gasteiger partial charge in [0.1, 0.15) is 6.61 Å². The number of amides is 1. The maximum absolute atomic E-state index is 11.8. The van der Waals surface area contributed by atoms with E-state index >= 15 is 0 Å². The third kappa shape index (κ3) is 8.48. The normalized spacial score (nSPS) is 10.6. The fraction of sp³-hybridized carbons (Fsp3) is 0.250. The zero-order valence-corrected chi connectivity index (χ0v) is 18.7. The van der Waals surface area contributed by atoms with Crippen LogP contribution in [-0.2, 0) is 0 Å². The van der Waals surface area contributed by atoms with E-state index in [2.05, 4.69) is 38.1 Å². The van der Waals surface area contributed by atoms with E-state index < -0.39 is 6.09 Å². The topological polar surface area (TPSA) is 110 Å². The molecule has 1 amide bonds. The summed E-state index contributed by atoms with van der Waals surface area (Å²) in [5.74, 6) is 1.32. The highest BCUT2D eigenvalue weighted by Gasteiger charge is 2.06. The first-order valence-corrected chi connectivity index (χ1v) is 10.7. The average Bonchev–Trinajstić information content (AvgIpc) is 2.81. The quantitative estimate of drug-likeness (QED) is 0.229. The van der Waals surface area contributed by atoms with Gasteiger partial charge in [0.2, 0.25) is 5.88 Å². The number of hydrogen-bond donors (Lipinski definition) is 3. The second-order valence-electron chi connectivity index (χ2n) is 7.14. The summed E-state index contributed by atoms with van der Waals surface area (Å²) in [6.45, 7) is 5.41. The van der Waals surface area contributed by atoms with Crippen LogP contribution in [0.2, 0.25) is 0 Å². The lowest BCUT2D eigenvalue weighted by molar-refractivity contribution is 0.196. The number of aryl methyl sites for hydroxylation is 1. The van der Waals surface area contributed by atoms with Gasteiger partial charge in [0.25, 0.3) is 0 Å². The van der Waals surface area contributed by atoms with Gasteiger partial charge in [0.05, 0.1) is 19.0 Å². The van der Waals surface area contributed by atoms with Crippen LogP contribution >= 0.6 is 0 Å². The molecule has 9 nitrogen and oxygen atoms in total. The van der Waals surface area contributed by atoms with Crippen LogP contribution in [0.25, 0.3) is 0 Å². The lowest BCUT2D eigenvalue weighted by Crippen LogP contribution is -2.30. The molecule has 3 rings (SSSR count). The molecular formula is C24H28N6O3. The highest BCUT2D eigenvalue weighted by Crippen LogP contribution is 2.20. The third-order valence-corrected chi connectivity index (χ3v) is 4.28. The minimum atomic E-state index is -0.578. The molecular weight excluding hydrogens is 420 g/mol. The number of rotatable bonds is 11. The van der Waals surface area contributed by atoms with Gasteiger partial charge in [-0.15, -0.1) is 0 Å². The fourth-order valence-corrected chi connectivity index (χ4v) is 2.79. The Morgan fingerprint density at radius 1 is 1.15 bits per heavy atom. The summed E-state index contributed by atoms with van der Waals surface area (Å²) < 4.78 is 10.8. The second-order valence-corrected chi connectivity index (χ2v) is 7.14. The van der Waals surface area contributed by atoms with Crippen LogP contribution in [0.15, 0.2) is 66.0 Å². The van der Waals surface area contributed by atoms with Gasteiger partial charge in [-0.25, -0.2) is 4.79 Å². The van der Waals surface area contributed by atoms with E-state index in [4.69, 9.17) is 9.47 Å². The molecule has 0 bridgehead atoms. The summed E-state index contributed by atoms with van der Waals surface area (Å²) >= 11 is 0. The first kappa shape index (κ1) is 23.5. The molecule has 0 radical (unpaired) electrons. The van der Waals surface area contributed by atoms with E-state index in [1.165, 1.54) is 6.20 Å². The van der Waals surface area contributed by atoms with Crippen molar-refractivity contribution < 1.29 is 14.3 Å². The molecule has 0 atom stereocenters. The Morgan fingerprint density at radius 2 is 2.06 bits per heavy atom. The molecule has 1 aromatic carbocycles. The molecule has 0 saturated heterocycles. The van der Waals surface area contributed by atoms with Gasteiger partial charge in [-0.1, -0.05) is 36.8 Å². The minimum Gasteiger partial charge on any atom is -0.476 e. The number of carbonyl (C=O) groups is 1. The van der Waals surface area contributed by atoms with Gasteiger partial charge in [-0.2, -0.15) is 10.1 Å². The van der Waals surface area contributed by atoms with Crippen LogP contribution in [-0.4, -0.2) is 42.0 Å². The highest BCUT2D eigenvalue weighted by molar-refractivity contribution is 5.80. The second kappa shape index (κ2) is 12.7. The summed E-state index contributed by atoms with van der Waals surface area (Å²) in [4.78, 5) is 20.2. The summed E-state index contributed by atoms with van der Waals surface area (Å²) in [6, 6.07) is 15.0. The molecule has 3 N–H and O–H groups in total. The molecule has 2 heterocycles. The fourth-order valence-electron chi connectivity index (χ4n) is 2.79. The standard InChI is InChI=1S/C24H28N6O3/c1-3-9-26-20-14-22(30-28-16-19-7-4-6-18(2)13-19)29-23(15-20)32-12-11-27-24(31)33-21-8-5-10-25-17-21/h4-8,10,13-17H,3,9,11-12H2,1-2H3,(H,27,31)(H2,26,29,30)/b28-16+. The van der Waals surface area contributed by atoms with Crippen molar-refractivity contribution in [3.63, 3.8) is 0 Å². The number of ether oxygens (including phenoxy) is 2. The van der Waals surface area contributed by atoms with Crippen LogP contribution < -0.4 is 25.5 Å². The minimum absolute atomic E-state index is 0.221. The number of aromatic nitrogens is 2. The molecule has 0 fully saturated rings. The Balaban J connectivity index is 1.54. The molecule has 0 aliphatic carbocycles. The van der Waals surface area contributed by atoms with Gasteiger partial charge < -0.3 is 20.1 Å². The highest BCUT2D eigenvalue weighted by atomic mass is 16.6. The number of pyridine rings is 2. The zero-order valence-electron chi connectivity index (χ0n) is 18.7. The van der Waals surface area contributed by atoms with E-state index in [0.29, 0.717) is 17.4 Å². The van der Waals surface area contributed by atoms with Crippen LogP contribution in [0.1, 0.15) is 24.5 Å². The van der Waals surface area contributed by atoms with Crippen molar-refractivity contribution in [3.05, 3.63) is 72.1 Å². The van der Waals surface area contributed by atoms with Gasteiger partial charge in [0.15, 0.2) is 11.6 Å². The number of nitrogens with zero attached hydrogens (tertiary/aromatic N) is 3. The lowest BCUT2D eigenvalue weighted by Gasteiger charge is -2.12. The van der Waals surface area contributed by atoms with Crippen molar-refractivity contribution in [3.8, 4) is 11.6 Å². The Morgan fingerprint density at radius 3 is 2.85 bits per heavy atom. The number of hydrazone groups is 1. The number of benzene rings is 1. The van der Waals surface area contributed by atoms with Crippen molar-refractivity contribution in [2.75, 3.05) is 30.4 Å². The number of hydrogen-bond acceptors (Lipinski definition) is 8. The molecule has 3 aromatic rings. The molecule has 0 spiro atoms. The van der Waals surface area contributed by atoms with E-state index in [-0.39, 0.29) is 13.2 Å². The van der Waals surface area contributed by atoms with E-state index in [9.17, 15) is 4.79 Å². The SMILES string of the molecule is CCCNc1cc(N/N=C/c2cccc(C)c2)nc(OCCNC(=O)Oc2cccnc2)c1. The van der Waals surface area contributed by atoms with E-state index in [1.54, 1.807) is 30.6 Å². The Hall–Kier alpha value is -4.14. The number of anilines is 2. The maximum atomic E-state index is 11.8. The van der Waals surface area contributed by atoms with Crippen molar-refractivity contribution in [2.45, 2.75) is 20.3 Å². The van der Waals surface area contributed by atoms with Crippen LogP contribution in [0.5, 0.6) is 11.6 Å². The average molecular weight is 449 g/mol. The molecule has 0 aliphatic heterocycles. The monoisotopic (exact) mass is 448 g/mol. The Kier molecular flexibility index (Phi) is 9.02. The summed E-state index contributed by atoms with van der Waals surface area (Å²) in [6.07, 6.45) is 5.21. The predicted molar refractivity (Wildman–Crippen MR) is 129 cm³/mol. The van der Waals surface area contributed by atoms with Gasteiger partial charge >= 0.3 is 6.09 Å². The van der Waals surface area contributed by atoms with Gasteiger partial charge in [-0.05, 0) is 31.0 Å². The first-order valence-electron chi connectivity index (χ1n) is 10.7. The molecule has 0 aliphatic rings. The van der Waals surface area contributed by atoms with Crippen LogP contribution in [0.3, 0.4) is 0 Å². The molecule has 9 heteroatoms. The zero-order chi connectivity index (χ0) is 23.3. The maximum Gasteiger partial charge on any atom is 0.412 e. The van der Waals surface area contributed by atoms with Gasteiger partial charge in [0, 0.05) is 30.6 Å². The van der Waals surface area contributed by atoms with E-state index in [1.807, 2.05) is 37.3 Å². The van der Waals surface area contributed by atoms with Crippen LogP contribution in [0.4, 0.5) is 16.3 Å². The predicted octanol–water partition coefficient (Wildman–Crippen LogP) is 4.22.